The average Bonchev–Trinajstić information content (AvgIpc) is 1.55. The number of likely N-dealkylation sites (tertiary alicyclic amines) is 3. The molecule has 0 aliphatic carbocycles. The molecule has 3 aliphatic rings. The molecular formula is C114H92Cl4F6N22O4. The molecule has 20 aromatic rings. The van der Waals surface area contributed by atoms with Gasteiger partial charge < -0.3 is 39.9 Å². The number of halogens is 10. The molecule has 3 N–H and O–H groups in total. The Morgan fingerprint density at radius 1 is 0.380 bits per heavy atom. The summed E-state index contributed by atoms with van der Waals surface area (Å²) in [6.45, 7) is 15.1. The molecule has 0 bridgehead atoms. The highest BCUT2D eigenvalue weighted by Gasteiger charge is 2.29. The predicted molar refractivity (Wildman–Crippen MR) is 569 cm³/mol. The second kappa shape index (κ2) is 45.8. The van der Waals surface area contributed by atoms with E-state index < -0.39 is 29.1 Å². The van der Waals surface area contributed by atoms with Crippen LogP contribution in [-0.2, 0) is 4.79 Å². The number of carbonyl (C=O) groups excluding carboxylic acids is 4. The summed E-state index contributed by atoms with van der Waals surface area (Å²) in [7, 11) is 4.16. The van der Waals surface area contributed by atoms with Gasteiger partial charge in [0.1, 0.15) is 74.6 Å². The third-order valence-corrected chi connectivity index (χ3v) is 27.2. The van der Waals surface area contributed by atoms with Crippen molar-refractivity contribution < 1.29 is 45.5 Å². The molecule has 3 aliphatic heterocycles. The fraction of sp³-hybridized carbons (Fsp3) is 0.167. The number of nitrogens with zero attached hydrogens (tertiary/aromatic N) is 19. The summed E-state index contributed by atoms with van der Waals surface area (Å²) in [6, 6.07) is 58.5. The Morgan fingerprint density at radius 3 is 1.20 bits per heavy atom. The lowest BCUT2D eigenvalue weighted by molar-refractivity contribution is -0.127. The van der Waals surface area contributed by atoms with Crippen molar-refractivity contribution >= 4 is 104 Å². The van der Waals surface area contributed by atoms with Gasteiger partial charge in [-0.05, 0) is 225 Å². The van der Waals surface area contributed by atoms with Gasteiger partial charge in [0, 0.05) is 218 Å². The van der Waals surface area contributed by atoms with Crippen LogP contribution in [0.5, 0.6) is 0 Å². The molecule has 150 heavy (non-hydrogen) atoms. The quantitative estimate of drug-likeness (QED) is 0.0294. The SMILES string of the molecule is CN1CCC(NC(=O)c2cnc3ccc(-c4cccnc4-c4cc(Cl)c(F)cc4F)cn23)CC1.CN1CCC(NC(=O)c2cnc3ccc(-c4cccnc4-c4cc(Cl)ccc4F)cn23)CC1.Cc1cccc(-c2ncccc2-c2ccc3ncc(C(=O)NCCCN4CCCC4=O)n3c2)c1.Fc1ccc(Cl)cc1-c1ncccc1-c1ccc2nccn2c1.[C-]#[N+]c1cnc2ccc(-c3cccnc3-c3cc(Cl)c(F)cc3F)cn12. The van der Waals surface area contributed by atoms with E-state index in [0.29, 0.717) is 131 Å². The van der Waals surface area contributed by atoms with Gasteiger partial charge in [-0.15, -0.1) is 0 Å². The highest BCUT2D eigenvalue weighted by Crippen LogP contribution is 2.41. The van der Waals surface area contributed by atoms with E-state index in [1.54, 1.807) is 130 Å². The Bertz CT molecular complexity index is 8550. The van der Waals surface area contributed by atoms with E-state index in [-0.39, 0.29) is 62.7 Å². The molecule has 18 heterocycles. The minimum atomic E-state index is -0.833. The van der Waals surface area contributed by atoms with Crippen molar-refractivity contribution in [3.63, 3.8) is 0 Å². The maximum atomic E-state index is 14.6. The zero-order valence-electron chi connectivity index (χ0n) is 80.8. The fourth-order valence-electron chi connectivity index (χ4n) is 18.4. The topological polar surface area (TPSA) is 269 Å². The molecule has 4 amide bonds. The van der Waals surface area contributed by atoms with Crippen LogP contribution in [0.4, 0.5) is 32.2 Å². The largest absolute Gasteiger partial charge is 0.362 e. The third kappa shape index (κ3) is 22.9. The molecule has 0 saturated carbocycles. The Hall–Kier alpha value is -16.7. The van der Waals surface area contributed by atoms with Crippen molar-refractivity contribution in [3.8, 4) is 112 Å². The van der Waals surface area contributed by atoms with Gasteiger partial charge in [0.05, 0.1) is 69.5 Å². The van der Waals surface area contributed by atoms with Gasteiger partial charge in [-0.3, -0.25) is 57.3 Å². The van der Waals surface area contributed by atoms with Crippen molar-refractivity contribution in [2.45, 2.75) is 64.0 Å². The number of carbonyl (C=O) groups is 4. The Morgan fingerprint density at radius 2 is 0.773 bits per heavy atom. The van der Waals surface area contributed by atoms with Crippen LogP contribution >= 0.6 is 46.4 Å². The van der Waals surface area contributed by atoms with Gasteiger partial charge in [-0.1, -0.05) is 107 Å². The Balaban J connectivity index is 0.000000118. The highest BCUT2D eigenvalue weighted by atomic mass is 35.5. The number of pyridine rings is 10. The number of rotatable bonds is 19. The first-order valence-corrected chi connectivity index (χ1v) is 49.6. The molecule has 0 radical (unpaired) electrons. The maximum Gasteiger partial charge on any atom is 0.270 e. The molecule has 26 nitrogen and oxygen atoms in total. The maximum absolute atomic E-state index is 14.6. The number of nitrogens with one attached hydrogen (secondary N) is 3. The van der Waals surface area contributed by atoms with E-state index in [4.69, 9.17) is 53.0 Å². The second-order valence-electron chi connectivity index (χ2n) is 36.2. The van der Waals surface area contributed by atoms with Crippen molar-refractivity contribution in [2.24, 2.45) is 0 Å². The minimum absolute atomic E-state index is 0.0907. The molecule has 5 aromatic carbocycles. The molecule has 3 saturated heterocycles. The summed E-state index contributed by atoms with van der Waals surface area (Å²) in [4.78, 5) is 104. The van der Waals surface area contributed by atoms with Gasteiger partial charge in [-0.25, -0.2) is 55.7 Å². The van der Waals surface area contributed by atoms with E-state index in [1.807, 2.05) is 117 Å². The number of benzene rings is 5. The number of hydrogen-bond acceptors (Lipinski definition) is 16. The highest BCUT2D eigenvalue weighted by molar-refractivity contribution is 6.32. The lowest BCUT2D eigenvalue weighted by Crippen LogP contribution is -2.43. The summed E-state index contributed by atoms with van der Waals surface area (Å²) in [6.07, 6.45) is 33.1. The number of imidazole rings is 5. The van der Waals surface area contributed by atoms with Crippen molar-refractivity contribution in [1.82, 2.24) is 102 Å². The molecule has 752 valence electrons. The van der Waals surface area contributed by atoms with Gasteiger partial charge in [0.25, 0.3) is 23.5 Å². The molecule has 0 spiro atoms. The monoisotopic (exact) mass is 2090 g/mol. The fourth-order valence-corrected chi connectivity index (χ4v) is 19.0. The van der Waals surface area contributed by atoms with Crippen LogP contribution in [0.1, 0.15) is 82.0 Å². The van der Waals surface area contributed by atoms with Crippen LogP contribution in [0.3, 0.4) is 0 Å². The molecule has 3 fully saturated rings. The van der Waals surface area contributed by atoms with Crippen LogP contribution < -0.4 is 16.0 Å². The lowest BCUT2D eigenvalue weighted by Gasteiger charge is -2.29. The van der Waals surface area contributed by atoms with E-state index in [1.165, 1.54) is 60.6 Å². The summed E-state index contributed by atoms with van der Waals surface area (Å²) in [5.74, 6) is -3.87. The first kappa shape index (κ1) is 102. The molecule has 23 rings (SSSR count). The first-order chi connectivity index (χ1) is 72.8. The van der Waals surface area contributed by atoms with E-state index >= 15 is 0 Å². The zero-order chi connectivity index (χ0) is 104. The van der Waals surface area contributed by atoms with E-state index in [9.17, 15) is 45.5 Å². The van der Waals surface area contributed by atoms with E-state index in [0.717, 1.165) is 134 Å². The minimum Gasteiger partial charge on any atom is -0.362 e. The number of amides is 4. The Kier molecular flexibility index (Phi) is 31.1. The zero-order valence-corrected chi connectivity index (χ0v) is 83.9. The number of hydrogen-bond donors (Lipinski definition) is 3. The van der Waals surface area contributed by atoms with Gasteiger partial charge in [-0.2, -0.15) is 0 Å². The molecule has 15 aromatic heterocycles. The van der Waals surface area contributed by atoms with Crippen LogP contribution in [0.25, 0.3) is 145 Å². The molecule has 36 heteroatoms. The Labute approximate surface area is 876 Å². The number of piperidine rings is 2. The molecule has 0 unspecified atom stereocenters. The van der Waals surface area contributed by atoms with Crippen LogP contribution in [0, 0.1) is 48.4 Å². The van der Waals surface area contributed by atoms with Crippen molar-refractivity contribution in [3.05, 3.63) is 394 Å². The number of aromatic nitrogens is 15. The van der Waals surface area contributed by atoms with Gasteiger partial charge >= 0.3 is 0 Å². The van der Waals surface area contributed by atoms with Crippen molar-refractivity contribution in [2.75, 3.05) is 59.9 Å². The molecular weight excluding hydrogens is 2000 g/mol. The average molecular weight is 2090 g/mol. The summed E-state index contributed by atoms with van der Waals surface area (Å²) in [5.41, 5.74) is 18.4. The van der Waals surface area contributed by atoms with Gasteiger partial charge in [0.15, 0.2) is 0 Å². The normalized spacial score (nSPS) is 13.4. The first-order valence-electron chi connectivity index (χ1n) is 48.1. The van der Waals surface area contributed by atoms with Crippen LogP contribution in [0.2, 0.25) is 20.1 Å². The molecule has 0 atom stereocenters. The summed E-state index contributed by atoms with van der Waals surface area (Å²) in [5, 5.41) is 9.76. The van der Waals surface area contributed by atoms with Crippen LogP contribution in [0.15, 0.2) is 305 Å². The second-order valence-corrected chi connectivity index (χ2v) is 37.8. The van der Waals surface area contributed by atoms with Gasteiger partial charge in [0.2, 0.25) is 11.6 Å². The standard InChI is InChI=1S/C27H27N5O2.C25H22ClF2N5O.C25H23ClFN5O.C19H9ClF2N4.C18H11ClFN3/c1-19-6-2-7-20(16-19)26-22(8-3-12-28-26)21-10-11-24-30-17-23(32(24)18-21)27(34)29-13-5-15-31-14-4-9-25(31)33;1-32-9-6-16(7-10-32)31-25(34)22-13-30-23-5-4-15(14-33(22)23)17-3-2-8-29-24(17)18-11-19(26)21(28)12-20(18)27;1-31-11-8-18(9-12-31)30-25(33)22-14-29-23-7-4-16(15-32(22)23)19-3-2-10-28-24(19)20-13-17(26)5-6-21(20)27;1-23-18-9-25-17-5-4-11(10-26(17)18)12-3-2-6-24-19(12)13-7-14(20)16(22)8-15(13)21;19-13-4-5-16(20)15(10-13)18-14(2-1-7-22-18)12-3-6-17-21-8-9-23(17)11-12/h2-3,6-8,10-12,16-18H,4-5,9,13-15H2,1H3,(H,29,34);2-5,8,11-14,16H,6-7,9-10H2,1H3,(H,31,34);2-7,10,13-15,18H,8-9,11-12H2,1H3,(H,30,33);2-10H;1-11H. The van der Waals surface area contributed by atoms with Crippen LogP contribution in [-0.4, -0.2) is 182 Å². The van der Waals surface area contributed by atoms with Crippen molar-refractivity contribution in [1.29, 1.82) is 0 Å². The predicted octanol–water partition coefficient (Wildman–Crippen LogP) is 24.0. The smallest absolute Gasteiger partial charge is 0.270 e. The lowest BCUT2D eigenvalue weighted by atomic mass is 9.99. The number of fused-ring (bicyclic) bond motifs is 5. The number of aryl methyl sites for hydroxylation is 1. The third-order valence-electron chi connectivity index (χ3n) is 26.2. The summed E-state index contributed by atoms with van der Waals surface area (Å²) < 4.78 is 93.9. The summed E-state index contributed by atoms with van der Waals surface area (Å²) >= 11 is 23.9. The van der Waals surface area contributed by atoms with E-state index in [2.05, 4.69) is 120 Å².